The Bertz CT molecular complexity index is 782. The normalized spacial score (nSPS) is 21.0. The van der Waals surface area contributed by atoms with Gasteiger partial charge >= 0.3 is 6.18 Å². The van der Waals surface area contributed by atoms with Crippen LogP contribution in [0.1, 0.15) is 19.3 Å². The van der Waals surface area contributed by atoms with Gasteiger partial charge in [-0.15, -0.1) is 0 Å². The third kappa shape index (κ3) is 4.63. The number of carbonyl (C=O) groups excluding carboxylic acids is 1. The number of amides is 1. The number of aliphatic hydroxyl groups excluding tert-OH is 1. The van der Waals surface area contributed by atoms with Crippen LogP contribution >= 0.6 is 0 Å². The number of hydrogen-bond acceptors (Lipinski definition) is 4. The quantitative estimate of drug-likeness (QED) is 0.901. The Hall–Kier alpha value is -2.35. The van der Waals surface area contributed by atoms with Gasteiger partial charge in [-0.3, -0.25) is 9.78 Å². The predicted molar refractivity (Wildman–Crippen MR) is 88.7 cm³/mol. The van der Waals surface area contributed by atoms with E-state index in [1.54, 1.807) is 12.3 Å². The molecule has 5 nitrogen and oxygen atoms in total. The molecule has 1 aromatic carbocycles. The second-order valence-corrected chi connectivity index (χ2v) is 6.33. The van der Waals surface area contributed by atoms with Crippen LogP contribution < -0.4 is 4.74 Å². The summed E-state index contributed by atoms with van der Waals surface area (Å²) >= 11 is 0. The standard InChI is InChI=1S/C18H19F3N2O3/c19-18(20,21)7-5-17(25)23-9-6-16(15(24)11-23)26-13-3-4-14-12(10-13)2-1-8-22-14/h1-4,8,10,15-16,24H,5-7,9,11H2/t15-,16-/m1/s1. The number of carbonyl (C=O) groups is 1. The summed E-state index contributed by atoms with van der Waals surface area (Å²) < 4.78 is 42.5. The molecule has 3 rings (SSSR count). The number of likely N-dealkylation sites (tertiary alicyclic amines) is 1. The number of alkyl halides is 3. The fourth-order valence-corrected chi connectivity index (χ4v) is 2.98. The molecule has 2 atom stereocenters. The molecule has 0 saturated carbocycles. The van der Waals surface area contributed by atoms with Crippen molar-refractivity contribution in [3.05, 3.63) is 36.5 Å². The lowest BCUT2D eigenvalue weighted by Crippen LogP contribution is -2.51. The third-order valence-corrected chi connectivity index (χ3v) is 4.36. The van der Waals surface area contributed by atoms with Crippen molar-refractivity contribution in [2.24, 2.45) is 0 Å². The minimum Gasteiger partial charge on any atom is -0.488 e. The minimum absolute atomic E-state index is 0.0313. The smallest absolute Gasteiger partial charge is 0.389 e. The number of nitrogens with zero attached hydrogens (tertiary/aromatic N) is 2. The lowest BCUT2D eigenvalue weighted by molar-refractivity contribution is -0.152. The molecule has 2 heterocycles. The molecular formula is C18H19F3N2O3. The number of piperidine rings is 1. The van der Waals surface area contributed by atoms with Crippen molar-refractivity contribution in [3.8, 4) is 5.75 Å². The largest absolute Gasteiger partial charge is 0.488 e. The van der Waals surface area contributed by atoms with E-state index in [0.29, 0.717) is 12.2 Å². The summed E-state index contributed by atoms with van der Waals surface area (Å²) in [6, 6.07) is 9.09. The zero-order chi connectivity index (χ0) is 18.7. The van der Waals surface area contributed by atoms with Crippen molar-refractivity contribution in [2.75, 3.05) is 13.1 Å². The van der Waals surface area contributed by atoms with E-state index in [0.717, 1.165) is 10.9 Å². The first-order valence-corrected chi connectivity index (χ1v) is 8.36. The molecule has 1 aromatic heterocycles. The summed E-state index contributed by atoms with van der Waals surface area (Å²) in [6.07, 6.45) is -5.54. The van der Waals surface area contributed by atoms with Gasteiger partial charge in [0.1, 0.15) is 18.0 Å². The molecule has 1 aliphatic rings. The Morgan fingerprint density at radius 1 is 1.35 bits per heavy atom. The van der Waals surface area contributed by atoms with E-state index < -0.39 is 37.1 Å². The van der Waals surface area contributed by atoms with Crippen LogP contribution in [0.2, 0.25) is 0 Å². The average molecular weight is 368 g/mol. The predicted octanol–water partition coefficient (Wildman–Crippen LogP) is 2.92. The molecule has 0 aliphatic carbocycles. The molecule has 1 aliphatic heterocycles. The Morgan fingerprint density at radius 2 is 2.15 bits per heavy atom. The van der Waals surface area contributed by atoms with E-state index in [9.17, 15) is 23.1 Å². The van der Waals surface area contributed by atoms with Crippen LogP contribution in [0.5, 0.6) is 5.75 Å². The van der Waals surface area contributed by atoms with E-state index in [4.69, 9.17) is 4.74 Å². The zero-order valence-electron chi connectivity index (χ0n) is 13.9. The van der Waals surface area contributed by atoms with Crippen LogP contribution in [-0.4, -0.2) is 52.4 Å². The maximum atomic E-state index is 12.2. The van der Waals surface area contributed by atoms with Gasteiger partial charge in [0.25, 0.3) is 0 Å². The van der Waals surface area contributed by atoms with Crippen LogP contribution in [0.15, 0.2) is 36.5 Å². The molecule has 0 bridgehead atoms. The number of pyridine rings is 1. The third-order valence-electron chi connectivity index (χ3n) is 4.36. The molecule has 0 spiro atoms. The van der Waals surface area contributed by atoms with E-state index in [1.165, 1.54) is 4.90 Å². The van der Waals surface area contributed by atoms with Gasteiger partial charge in [-0.25, -0.2) is 0 Å². The maximum absolute atomic E-state index is 12.2. The molecule has 0 radical (unpaired) electrons. The Labute approximate surface area is 148 Å². The van der Waals surface area contributed by atoms with Crippen LogP contribution in [0, 0.1) is 0 Å². The number of hydrogen-bond donors (Lipinski definition) is 1. The second-order valence-electron chi connectivity index (χ2n) is 6.33. The molecular weight excluding hydrogens is 349 g/mol. The number of aliphatic hydroxyl groups is 1. The van der Waals surface area contributed by atoms with Gasteiger partial charge in [-0.05, 0) is 24.3 Å². The fraction of sp³-hybridized carbons (Fsp3) is 0.444. The summed E-state index contributed by atoms with van der Waals surface area (Å²) in [6.45, 7) is 0.226. The highest BCUT2D eigenvalue weighted by Crippen LogP contribution is 2.25. The monoisotopic (exact) mass is 368 g/mol. The number of benzene rings is 1. The lowest BCUT2D eigenvalue weighted by Gasteiger charge is -2.36. The highest BCUT2D eigenvalue weighted by Gasteiger charge is 2.34. The van der Waals surface area contributed by atoms with Crippen molar-refractivity contribution in [2.45, 2.75) is 37.6 Å². The molecule has 8 heteroatoms. The first-order chi connectivity index (χ1) is 12.3. The summed E-state index contributed by atoms with van der Waals surface area (Å²) in [4.78, 5) is 17.4. The number of ether oxygens (including phenoxy) is 1. The number of fused-ring (bicyclic) bond motifs is 1. The van der Waals surface area contributed by atoms with Crippen LogP contribution in [-0.2, 0) is 4.79 Å². The minimum atomic E-state index is -4.36. The Balaban J connectivity index is 1.57. The van der Waals surface area contributed by atoms with Crippen LogP contribution in [0.3, 0.4) is 0 Å². The summed E-state index contributed by atoms with van der Waals surface area (Å²) in [5.41, 5.74) is 0.825. The van der Waals surface area contributed by atoms with Crippen molar-refractivity contribution in [1.29, 1.82) is 0 Å². The highest BCUT2D eigenvalue weighted by molar-refractivity contribution is 5.79. The summed E-state index contributed by atoms with van der Waals surface area (Å²) in [7, 11) is 0. The van der Waals surface area contributed by atoms with Gasteiger partial charge in [0.05, 0.1) is 18.5 Å². The van der Waals surface area contributed by atoms with Gasteiger partial charge < -0.3 is 14.7 Å². The number of β-amino-alcohol motifs (C(OH)–C–C–N with tert-alkyl or cyclic N) is 1. The summed E-state index contributed by atoms with van der Waals surface area (Å²) in [5, 5.41) is 11.1. The molecule has 26 heavy (non-hydrogen) atoms. The van der Waals surface area contributed by atoms with Crippen molar-refractivity contribution in [1.82, 2.24) is 9.88 Å². The molecule has 1 fully saturated rings. The Kier molecular flexibility index (Phi) is 5.31. The molecule has 1 N–H and O–H groups in total. The Morgan fingerprint density at radius 3 is 2.88 bits per heavy atom. The molecule has 1 saturated heterocycles. The zero-order valence-corrected chi connectivity index (χ0v) is 13.9. The van der Waals surface area contributed by atoms with Crippen LogP contribution in [0.25, 0.3) is 10.9 Å². The highest BCUT2D eigenvalue weighted by atomic mass is 19.4. The van der Waals surface area contributed by atoms with Gasteiger partial charge in [-0.1, -0.05) is 6.07 Å². The first-order valence-electron chi connectivity index (χ1n) is 8.36. The van der Waals surface area contributed by atoms with E-state index >= 15 is 0 Å². The van der Waals surface area contributed by atoms with E-state index in [-0.39, 0.29) is 13.1 Å². The van der Waals surface area contributed by atoms with E-state index in [1.807, 2.05) is 24.3 Å². The number of halogens is 3. The number of aromatic nitrogens is 1. The average Bonchev–Trinajstić information content (AvgIpc) is 2.60. The molecule has 140 valence electrons. The molecule has 2 aromatic rings. The SMILES string of the molecule is O=C(CCC(F)(F)F)N1CC[C@@H](Oc2ccc3ncccc3c2)[C@H](O)C1. The van der Waals surface area contributed by atoms with Crippen molar-refractivity contribution in [3.63, 3.8) is 0 Å². The van der Waals surface area contributed by atoms with Crippen molar-refractivity contribution >= 4 is 16.8 Å². The topological polar surface area (TPSA) is 62.7 Å². The fourth-order valence-electron chi connectivity index (χ4n) is 2.98. The van der Waals surface area contributed by atoms with E-state index in [2.05, 4.69) is 4.98 Å². The first kappa shape index (κ1) is 18.4. The van der Waals surface area contributed by atoms with Gasteiger partial charge in [0, 0.05) is 31.0 Å². The van der Waals surface area contributed by atoms with Gasteiger partial charge in [0.2, 0.25) is 5.91 Å². The maximum Gasteiger partial charge on any atom is 0.389 e. The van der Waals surface area contributed by atoms with Crippen molar-refractivity contribution < 1.29 is 27.8 Å². The lowest BCUT2D eigenvalue weighted by atomic mass is 10.0. The second kappa shape index (κ2) is 7.49. The van der Waals surface area contributed by atoms with Gasteiger partial charge in [-0.2, -0.15) is 13.2 Å². The molecule has 0 unspecified atom stereocenters. The number of rotatable bonds is 4. The van der Waals surface area contributed by atoms with Crippen LogP contribution in [0.4, 0.5) is 13.2 Å². The molecule has 1 amide bonds. The van der Waals surface area contributed by atoms with Gasteiger partial charge in [0.15, 0.2) is 0 Å². The summed E-state index contributed by atoms with van der Waals surface area (Å²) in [5.74, 6) is -0.0250.